The van der Waals surface area contributed by atoms with Crippen LogP contribution in [0.1, 0.15) is 51.4 Å². The molecule has 4 bridgehead atoms. The Kier molecular flexibility index (Phi) is 5.02. The molecule has 1 atom stereocenters. The van der Waals surface area contributed by atoms with E-state index >= 15 is 0 Å². The van der Waals surface area contributed by atoms with E-state index in [1.165, 1.54) is 72.7 Å². The molecule has 0 radical (unpaired) electrons. The Morgan fingerprint density at radius 1 is 0.970 bits per heavy atom. The van der Waals surface area contributed by atoms with E-state index in [9.17, 15) is 4.91 Å². The number of benzene rings is 2. The van der Waals surface area contributed by atoms with Gasteiger partial charge >= 0.3 is 0 Å². The number of hydrogen-bond donors (Lipinski definition) is 0. The molecule has 0 N–H and O–H groups in total. The lowest BCUT2D eigenvalue weighted by Gasteiger charge is -2.58. The lowest BCUT2D eigenvalue weighted by atomic mass is 9.47. The molecule has 1 unspecified atom stereocenters. The highest BCUT2D eigenvalue weighted by Gasteiger charge is 2.55. The van der Waals surface area contributed by atoms with Gasteiger partial charge in [-0.05, 0) is 123 Å². The highest BCUT2D eigenvalue weighted by atomic mass is 32.2. The van der Waals surface area contributed by atoms with Crippen LogP contribution in [0.25, 0.3) is 10.8 Å². The van der Waals surface area contributed by atoms with Crippen LogP contribution in [-0.4, -0.2) is 37.1 Å². The quantitative estimate of drug-likeness (QED) is 0.353. The lowest BCUT2D eigenvalue weighted by Crippen LogP contribution is -2.54. The molecule has 2 aromatic rings. The van der Waals surface area contributed by atoms with Crippen LogP contribution in [0.2, 0.25) is 0 Å². The van der Waals surface area contributed by atoms with E-state index < -0.39 is 0 Å². The first kappa shape index (κ1) is 20.8. The molecule has 4 saturated carbocycles. The standard InChI is InChI=1S/C28H35N3OS/c32-29-26(28-14-20-11-21(15-28)13-22(12-20)16-28)18-30-9-7-19(8-10-30)17-31-24-5-1-3-23-4-2-6-25(33-31)27(23)24/h1-6,19-22,26H,7-18H2. The van der Waals surface area contributed by atoms with E-state index in [-0.39, 0.29) is 11.5 Å². The molecule has 174 valence electrons. The minimum Gasteiger partial charge on any atom is -0.311 e. The molecule has 1 saturated heterocycles. The maximum atomic E-state index is 12.1. The average molecular weight is 462 g/mol. The van der Waals surface area contributed by atoms with Gasteiger partial charge in [-0.3, -0.25) is 0 Å². The molecule has 8 rings (SSSR count). The van der Waals surface area contributed by atoms with Gasteiger partial charge in [0.1, 0.15) is 6.04 Å². The highest BCUT2D eigenvalue weighted by Crippen LogP contribution is 2.62. The normalized spacial score (nSPS) is 34.3. The Hall–Kier alpha value is -1.59. The Morgan fingerprint density at radius 2 is 1.64 bits per heavy atom. The van der Waals surface area contributed by atoms with E-state index in [2.05, 4.69) is 50.8 Å². The van der Waals surface area contributed by atoms with Crippen molar-refractivity contribution < 1.29 is 0 Å². The van der Waals surface area contributed by atoms with Gasteiger partial charge in [-0.15, -0.1) is 0 Å². The number of likely N-dealkylation sites (tertiary alicyclic amines) is 1. The van der Waals surface area contributed by atoms with Crippen LogP contribution in [0.4, 0.5) is 5.69 Å². The van der Waals surface area contributed by atoms with Crippen LogP contribution in [0.15, 0.2) is 46.5 Å². The maximum Gasteiger partial charge on any atom is 0.110 e. The first-order chi connectivity index (χ1) is 16.2. The van der Waals surface area contributed by atoms with Crippen molar-refractivity contribution >= 4 is 28.4 Å². The number of nitrogens with zero attached hydrogens (tertiary/aromatic N) is 3. The molecule has 4 aliphatic carbocycles. The summed E-state index contributed by atoms with van der Waals surface area (Å²) in [5.74, 6) is 3.38. The molecule has 0 aromatic heterocycles. The third kappa shape index (κ3) is 3.53. The second kappa shape index (κ2) is 7.98. The minimum absolute atomic E-state index is 0.0173. The van der Waals surface area contributed by atoms with Crippen molar-refractivity contribution in [2.75, 3.05) is 30.5 Å². The monoisotopic (exact) mass is 461 g/mol. The average Bonchev–Trinajstić information content (AvgIpc) is 3.17. The topological polar surface area (TPSA) is 35.9 Å². The van der Waals surface area contributed by atoms with E-state index in [0.717, 1.165) is 49.9 Å². The Balaban J connectivity index is 0.982. The summed E-state index contributed by atoms with van der Waals surface area (Å²) in [5, 5.41) is 6.60. The van der Waals surface area contributed by atoms with Crippen molar-refractivity contribution in [2.24, 2.45) is 34.3 Å². The molecule has 5 heteroatoms. The molecule has 0 amide bonds. The second-order valence-corrected chi connectivity index (χ2v) is 13.0. The van der Waals surface area contributed by atoms with Crippen LogP contribution in [0, 0.1) is 34.0 Å². The fraction of sp³-hybridized carbons (Fsp3) is 0.643. The number of rotatable bonds is 6. The van der Waals surface area contributed by atoms with Crippen LogP contribution in [0.5, 0.6) is 0 Å². The largest absolute Gasteiger partial charge is 0.311 e. The first-order valence-electron chi connectivity index (χ1n) is 13.2. The number of anilines is 1. The number of nitroso groups, excluding NO2 is 1. The Bertz CT molecular complexity index is 1020. The van der Waals surface area contributed by atoms with Crippen molar-refractivity contribution in [2.45, 2.75) is 62.3 Å². The van der Waals surface area contributed by atoms with Crippen LogP contribution >= 0.6 is 11.9 Å². The summed E-state index contributed by atoms with van der Waals surface area (Å²) in [6.07, 6.45) is 10.6. The highest BCUT2D eigenvalue weighted by molar-refractivity contribution is 8.01. The van der Waals surface area contributed by atoms with E-state index in [0.29, 0.717) is 0 Å². The Morgan fingerprint density at radius 3 is 2.30 bits per heavy atom. The van der Waals surface area contributed by atoms with Crippen molar-refractivity contribution in [3.05, 3.63) is 41.3 Å². The molecule has 2 aromatic carbocycles. The smallest absolute Gasteiger partial charge is 0.110 e. The second-order valence-electron chi connectivity index (χ2n) is 11.9. The molecule has 6 aliphatic rings. The number of hydrogen-bond acceptors (Lipinski definition) is 5. The predicted molar refractivity (Wildman–Crippen MR) is 137 cm³/mol. The van der Waals surface area contributed by atoms with Gasteiger partial charge in [0.25, 0.3) is 0 Å². The van der Waals surface area contributed by atoms with Gasteiger partial charge in [-0.25, -0.2) is 0 Å². The molecule has 33 heavy (non-hydrogen) atoms. The SMILES string of the molecule is O=NC(CN1CCC(CN2Sc3cccc4cccc2c34)CC1)C12CC3CC(CC(C3)C1)C2. The zero-order valence-electron chi connectivity index (χ0n) is 19.5. The first-order valence-corrected chi connectivity index (χ1v) is 14.0. The summed E-state index contributed by atoms with van der Waals surface area (Å²) in [6.45, 7) is 4.28. The molecular formula is C28H35N3OS. The number of piperidine rings is 1. The lowest BCUT2D eigenvalue weighted by molar-refractivity contribution is -0.0721. The molecule has 2 heterocycles. The predicted octanol–water partition coefficient (Wildman–Crippen LogP) is 6.73. The minimum atomic E-state index is 0.0173. The molecule has 0 spiro atoms. The zero-order valence-corrected chi connectivity index (χ0v) is 20.3. The summed E-state index contributed by atoms with van der Waals surface area (Å²) in [5.41, 5.74) is 1.63. The summed E-state index contributed by atoms with van der Waals surface area (Å²) in [4.78, 5) is 16.1. The maximum absolute atomic E-state index is 12.1. The van der Waals surface area contributed by atoms with Crippen LogP contribution < -0.4 is 4.31 Å². The van der Waals surface area contributed by atoms with Gasteiger partial charge in [0.05, 0.1) is 5.69 Å². The summed E-state index contributed by atoms with van der Waals surface area (Å²) in [7, 11) is 0. The van der Waals surface area contributed by atoms with E-state index in [1.54, 1.807) is 0 Å². The fourth-order valence-corrected chi connectivity index (χ4v) is 9.86. The van der Waals surface area contributed by atoms with Gasteiger partial charge in [0, 0.05) is 23.4 Å². The van der Waals surface area contributed by atoms with Crippen molar-refractivity contribution in [1.82, 2.24) is 4.90 Å². The molecular weight excluding hydrogens is 426 g/mol. The van der Waals surface area contributed by atoms with Crippen molar-refractivity contribution in [1.29, 1.82) is 0 Å². The molecule has 5 fully saturated rings. The Labute approximate surface area is 201 Å². The van der Waals surface area contributed by atoms with Crippen LogP contribution in [0.3, 0.4) is 0 Å². The van der Waals surface area contributed by atoms with Crippen molar-refractivity contribution in [3.63, 3.8) is 0 Å². The van der Waals surface area contributed by atoms with Crippen molar-refractivity contribution in [3.8, 4) is 0 Å². The van der Waals surface area contributed by atoms with E-state index in [1.807, 2.05) is 11.9 Å². The van der Waals surface area contributed by atoms with Gasteiger partial charge in [0.2, 0.25) is 0 Å². The van der Waals surface area contributed by atoms with Gasteiger partial charge in [0.15, 0.2) is 0 Å². The zero-order chi connectivity index (χ0) is 22.0. The van der Waals surface area contributed by atoms with Gasteiger partial charge < -0.3 is 9.21 Å². The fourth-order valence-electron chi connectivity index (χ4n) is 8.63. The molecule has 2 aliphatic heterocycles. The third-order valence-corrected chi connectivity index (χ3v) is 10.9. The summed E-state index contributed by atoms with van der Waals surface area (Å²) >= 11 is 1.92. The van der Waals surface area contributed by atoms with Gasteiger partial charge in [-0.2, -0.15) is 4.91 Å². The summed E-state index contributed by atoms with van der Waals surface area (Å²) < 4.78 is 2.53. The van der Waals surface area contributed by atoms with Gasteiger partial charge in [-0.1, -0.05) is 29.4 Å². The molecule has 4 nitrogen and oxygen atoms in total. The third-order valence-electron chi connectivity index (χ3n) is 9.80. The van der Waals surface area contributed by atoms with Crippen LogP contribution in [-0.2, 0) is 0 Å². The van der Waals surface area contributed by atoms with E-state index in [4.69, 9.17) is 0 Å². The summed E-state index contributed by atoms with van der Waals surface area (Å²) in [6, 6.07) is 13.4.